The van der Waals surface area contributed by atoms with Crippen LogP contribution in [0.15, 0.2) is 46.9 Å². The number of para-hydroxylation sites is 1. The molecule has 4 heteroatoms. The van der Waals surface area contributed by atoms with Gasteiger partial charge < -0.3 is 5.32 Å². The predicted octanol–water partition coefficient (Wildman–Crippen LogP) is 5.48. The SMILES string of the molecule is CC(C)c1ccccc1NC(=O)c1ccc(Br)c(Cl)c1. The van der Waals surface area contributed by atoms with Crippen LogP contribution in [0.5, 0.6) is 0 Å². The third kappa shape index (κ3) is 3.41. The lowest BCUT2D eigenvalue weighted by atomic mass is 10.0. The van der Waals surface area contributed by atoms with Crippen LogP contribution in [0.1, 0.15) is 35.7 Å². The van der Waals surface area contributed by atoms with Gasteiger partial charge in [-0.15, -0.1) is 0 Å². The fourth-order valence-electron chi connectivity index (χ4n) is 1.95. The first kappa shape index (κ1) is 15.1. The molecule has 0 aliphatic carbocycles. The van der Waals surface area contributed by atoms with Crippen molar-refractivity contribution in [1.29, 1.82) is 0 Å². The van der Waals surface area contributed by atoms with Crippen LogP contribution in [0, 0.1) is 0 Å². The van der Waals surface area contributed by atoms with E-state index in [1.54, 1.807) is 18.2 Å². The summed E-state index contributed by atoms with van der Waals surface area (Å²) in [6, 6.07) is 13.0. The second kappa shape index (κ2) is 6.42. The van der Waals surface area contributed by atoms with Crippen LogP contribution in [-0.2, 0) is 0 Å². The molecule has 2 rings (SSSR count). The molecular weight excluding hydrogens is 338 g/mol. The molecule has 0 saturated heterocycles. The molecule has 2 aromatic carbocycles. The first-order valence-corrected chi connectivity index (χ1v) is 7.51. The zero-order valence-corrected chi connectivity index (χ0v) is 13.6. The summed E-state index contributed by atoms with van der Waals surface area (Å²) in [4.78, 5) is 12.3. The van der Waals surface area contributed by atoms with Gasteiger partial charge in [-0.3, -0.25) is 4.79 Å². The van der Waals surface area contributed by atoms with E-state index in [0.717, 1.165) is 15.7 Å². The summed E-state index contributed by atoms with van der Waals surface area (Å²) < 4.78 is 0.776. The summed E-state index contributed by atoms with van der Waals surface area (Å²) in [6.07, 6.45) is 0. The summed E-state index contributed by atoms with van der Waals surface area (Å²) in [6.45, 7) is 4.20. The van der Waals surface area contributed by atoms with Gasteiger partial charge in [0.05, 0.1) is 5.02 Å². The van der Waals surface area contributed by atoms with Gasteiger partial charge in [0.15, 0.2) is 0 Å². The van der Waals surface area contributed by atoms with E-state index in [1.807, 2.05) is 24.3 Å². The van der Waals surface area contributed by atoms with Crippen molar-refractivity contribution in [3.63, 3.8) is 0 Å². The lowest BCUT2D eigenvalue weighted by molar-refractivity contribution is 0.102. The summed E-state index contributed by atoms with van der Waals surface area (Å²) in [7, 11) is 0. The Morgan fingerprint density at radius 1 is 1.20 bits per heavy atom. The van der Waals surface area contributed by atoms with Crippen LogP contribution in [0.3, 0.4) is 0 Å². The van der Waals surface area contributed by atoms with Gasteiger partial charge in [0.2, 0.25) is 0 Å². The number of hydrogen-bond donors (Lipinski definition) is 1. The van der Waals surface area contributed by atoms with Crippen molar-refractivity contribution in [3.8, 4) is 0 Å². The van der Waals surface area contributed by atoms with E-state index in [-0.39, 0.29) is 5.91 Å². The number of carbonyl (C=O) groups excluding carboxylic acids is 1. The third-order valence-electron chi connectivity index (χ3n) is 3.01. The summed E-state index contributed by atoms with van der Waals surface area (Å²) in [5.41, 5.74) is 2.49. The maximum atomic E-state index is 12.3. The Bertz CT molecular complexity index is 640. The van der Waals surface area contributed by atoms with Crippen LogP contribution in [0.2, 0.25) is 5.02 Å². The van der Waals surface area contributed by atoms with Crippen LogP contribution in [0.25, 0.3) is 0 Å². The van der Waals surface area contributed by atoms with Crippen molar-refractivity contribution in [3.05, 3.63) is 63.1 Å². The molecule has 0 bridgehead atoms. The molecule has 0 aliphatic rings. The van der Waals surface area contributed by atoms with E-state index in [4.69, 9.17) is 11.6 Å². The molecule has 0 aromatic heterocycles. The van der Waals surface area contributed by atoms with Gasteiger partial charge in [-0.25, -0.2) is 0 Å². The minimum absolute atomic E-state index is 0.160. The van der Waals surface area contributed by atoms with Crippen molar-refractivity contribution in [2.24, 2.45) is 0 Å². The summed E-state index contributed by atoms with van der Waals surface area (Å²) in [5, 5.41) is 3.46. The zero-order valence-electron chi connectivity index (χ0n) is 11.3. The average Bonchev–Trinajstić information content (AvgIpc) is 2.42. The van der Waals surface area contributed by atoms with E-state index in [1.165, 1.54) is 0 Å². The van der Waals surface area contributed by atoms with E-state index < -0.39 is 0 Å². The van der Waals surface area contributed by atoms with Crippen molar-refractivity contribution in [1.82, 2.24) is 0 Å². The van der Waals surface area contributed by atoms with Gasteiger partial charge in [-0.05, 0) is 51.7 Å². The highest BCUT2D eigenvalue weighted by atomic mass is 79.9. The highest BCUT2D eigenvalue weighted by Gasteiger charge is 2.11. The van der Waals surface area contributed by atoms with Gasteiger partial charge in [0.1, 0.15) is 0 Å². The quantitative estimate of drug-likeness (QED) is 0.779. The smallest absolute Gasteiger partial charge is 0.255 e. The molecule has 2 aromatic rings. The number of nitrogens with one attached hydrogen (secondary N) is 1. The number of amides is 1. The second-order valence-corrected chi connectivity index (χ2v) is 6.09. The number of benzene rings is 2. The number of hydrogen-bond acceptors (Lipinski definition) is 1. The van der Waals surface area contributed by atoms with Crippen LogP contribution in [-0.4, -0.2) is 5.91 Å². The first-order valence-electron chi connectivity index (χ1n) is 6.34. The van der Waals surface area contributed by atoms with Gasteiger partial charge in [-0.1, -0.05) is 43.6 Å². The lowest BCUT2D eigenvalue weighted by Gasteiger charge is -2.13. The van der Waals surface area contributed by atoms with Gasteiger partial charge >= 0.3 is 0 Å². The zero-order chi connectivity index (χ0) is 14.7. The third-order valence-corrected chi connectivity index (χ3v) is 4.25. The largest absolute Gasteiger partial charge is 0.322 e. The van der Waals surface area contributed by atoms with Gasteiger partial charge in [0.25, 0.3) is 5.91 Å². The normalized spacial score (nSPS) is 10.7. The molecule has 0 fully saturated rings. The molecule has 1 amide bonds. The maximum Gasteiger partial charge on any atom is 0.255 e. The fourth-order valence-corrected chi connectivity index (χ4v) is 2.37. The second-order valence-electron chi connectivity index (χ2n) is 4.82. The Hall–Kier alpha value is -1.32. The molecule has 0 atom stereocenters. The predicted molar refractivity (Wildman–Crippen MR) is 87.6 cm³/mol. The minimum Gasteiger partial charge on any atom is -0.322 e. The van der Waals surface area contributed by atoms with Gasteiger partial charge in [-0.2, -0.15) is 0 Å². The van der Waals surface area contributed by atoms with Crippen molar-refractivity contribution in [2.75, 3.05) is 5.32 Å². The van der Waals surface area contributed by atoms with E-state index in [2.05, 4.69) is 35.1 Å². The number of rotatable bonds is 3. The summed E-state index contributed by atoms with van der Waals surface area (Å²) in [5.74, 6) is 0.188. The molecule has 2 nitrogen and oxygen atoms in total. The van der Waals surface area contributed by atoms with Crippen LogP contribution < -0.4 is 5.32 Å². The topological polar surface area (TPSA) is 29.1 Å². The molecule has 0 heterocycles. The molecule has 0 saturated carbocycles. The van der Waals surface area contributed by atoms with Crippen LogP contribution >= 0.6 is 27.5 Å². The molecule has 0 spiro atoms. The van der Waals surface area contributed by atoms with Crippen molar-refractivity contribution >= 4 is 39.1 Å². The molecule has 104 valence electrons. The number of halogens is 2. The number of carbonyl (C=O) groups is 1. The van der Waals surface area contributed by atoms with E-state index in [0.29, 0.717) is 16.5 Å². The molecule has 1 N–H and O–H groups in total. The Labute approximate surface area is 132 Å². The lowest BCUT2D eigenvalue weighted by Crippen LogP contribution is -2.13. The first-order chi connectivity index (χ1) is 9.49. The minimum atomic E-state index is -0.160. The molecule has 0 unspecified atom stereocenters. The maximum absolute atomic E-state index is 12.3. The Kier molecular flexibility index (Phi) is 4.84. The molecule has 20 heavy (non-hydrogen) atoms. The Morgan fingerprint density at radius 2 is 1.90 bits per heavy atom. The fraction of sp³-hybridized carbons (Fsp3) is 0.188. The average molecular weight is 353 g/mol. The highest BCUT2D eigenvalue weighted by Crippen LogP contribution is 2.26. The van der Waals surface area contributed by atoms with E-state index in [9.17, 15) is 4.79 Å². The Morgan fingerprint density at radius 3 is 2.55 bits per heavy atom. The monoisotopic (exact) mass is 351 g/mol. The Balaban J connectivity index is 2.26. The molecular formula is C16H15BrClNO. The summed E-state index contributed by atoms with van der Waals surface area (Å²) >= 11 is 9.33. The van der Waals surface area contributed by atoms with Crippen molar-refractivity contribution < 1.29 is 4.79 Å². The van der Waals surface area contributed by atoms with Gasteiger partial charge in [0, 0.05) is 15.7 Å². The standard InChI is InChI=1S/C16H15BrClNO/c1-10(2)12-5-3-4-6-15(12)19-16(20)11-7-8-13(17)14(18)9-11/h3-10H,1-2H3,(H,19,20). The molecule has 0 radical (unpaired) electrons. The highest BCUT2D eigenvalue weighted by molar-refractivity contribution is 9.10. The molecule has 0 aliphatic heterocycles. The number of anilines is 1. The van der Waals surface area contributed by atoms with E-state index >= 15 is 0 Å². The van der Waals surface area contributed by atoms with Crippen molar-refractivity contribution in [2.45, 2.75) is 19.8 Å². The van der Waals surface area contributed by atoms with Crippen LogP contribution in [0.4, 0.5) is 5.69 Å².